The Labute approximate surface area is 111 Å². The van der Waals surface area contributed by atoms with E-state index in [1.165, 1.54) is 58.0 Å². The van der Waals surface area contributed by atoms with Crippen LogP contribution in [0, 0.1) is 5.92 Å². The zero-order valence-electron chi connectivity index (χ0n) is 11.4. The molecule has 2 aliphatic heterocycles. The second-order valence-electron chi connectivity index (χ2n) is 6.23. The monoisotopic (exact) mass is 250 g/mol. The smallest absolute Gasteiger partial charge is 0.227 e. The number of carbonyl (C=O) groups is 1. The third-order valence-corrected chi connectivity index (χ3v) is 5.07. The zero-order chi connectivity index (χ0) is 12.4. The maximum absolute atomic E-state index is 12.7. The Morgan fingerprint density at radius 1 is 0.778 bits per heavy atom. The van der Waals surface area contributed by atoms with Crippen molar-refractivity contribution in [2.45, 2.75) is 57.4 Å². The summed E-state index contributed by atoms with van der Waals surface area (Å²) in [5, 5.41) is 0. The van der Waals surface area contributed by atoms with E-state index in [0.717, 1.165) is 19.5 Å². The highest BCUT2D eigenvalue weighted by atomic mass is 16.2. The van der Waals surface area contributed by atoms with E-state index in [9.17, 15) is 4.79 Å². The Balaban J connectivity index is 1.68. The molecule has 0 aromatic rings. The molecule has 1 aliphatic carbocycles. The molecule has 18 heavy (non-hydrogen) atoms. The van der Waals surface area contributed by atoms with Gasteiger partial charge in [-0.2, -0.15) is 0 Å². The van der Waals surface area contributed by atoms with E-state index in [4.69, 9.17) is 0 Å². The van der Waals surface area contributed by atoms with Gasteiger partial charge in [0.15, 0.2) is 0 Å². The van der Waals surface area contributed by atoms with Crippen LogP contribution < -0.4 is 0 Å². The Kier molecular flexibility index (Phi) is 3.88. The van der Waals surface area contributed by atoms with Crippen molar-refractivity contribution < 1.29 is 4.79 Å². The van der Waals surface area contributed by atoms with Gasteiger partial charge in [-0.25, -0.2) is 0 Å². The molecule has 0 aromatic heterocycles. The molecule has 3 rings (SSSR count). The molecular formula is C15H26N2O. The Bertz CT molecular complexity index is 293. The minimum absolute atomic E-state index is 0.315. The third kappa shape index (κ3) is 2.42. The summed E-state index contributed by atoms with van der Waals surface area (Å²) in [5.74, 6) is 0.791. The van der Waals surface area contributed by atoms with E-state index in [1.54, 1.807) is 0 Å². The molecule has 1 amide bonds. The van der Waals surface area contributed by atoms with Crippen LogP contribution in [-0.2, 0) is 4.79 Å². The molecule has 3 fully saturated rings. The molecule has 0 spiro atoms. The SMILES string of the molecule is O=C([C@@H]1CCCC[C@H]1N1CCCC1)N1CCCC1. The molecule has 0 radical (unpaired) electrons. The van der Waals surface area contributed by atoms with Gasteiger partial charge >= 0.3 is 0 Å². The Morgan fingerprint density at radius 3 is 2.11 bits per heavy atom. The largest absolute Gasteiger partial charge is 0.342 e. The lowest BCUT2D eigenvalue weighted by molar-refractivity contribution is -0.138. The molecule has 3 nitrogen and oxygen atoms in total. The molecule has 3 aliphatic rings. The molecule has 102 valence electrons. The minimum Gasteiger partial charge on any atom is -0.342 e. The molecule has 0 N–H and O–H groups in total. The van der Waals surface area contributed by atoms with E-state index in [1.807, 2.05) is 0 Å². The molecule has 2 heterocycles. The van der Waals surface area contributed by atoms with Crippen LogP contribution in [0.4, 0.5) is 0 Å². The van der Waals surface area contributed by atoms with Crippen LogP contribution in [-0.4, -0.2) is 47.9 Å². The summed E-state index contributed by atoms with van der Waals surface area (Å²) in [6.07, 6.45) is 10.1. The van der Waals surface area contributed by atoms with E-state index in [-0.39, 0.29) is 0 Å². The van der Waals surface area contributed by atoms with Crippen molar-refractivity contribution in [1.29, 1.82) is 0 Å². The summed E-state index contributed by atoms with van der Waals surface area (Å²) in [4.78, 5) is 17.4. The van der Waals surface area contributed by atoms with Crippen molar-refractivity contribution in [3.63, 3.8) is 0 Å². The summed E-state index contributed by atoms with van der Waals surface area (Å²) >= 11 is 0. The fourth-order valence-corrected chi connectivity index (χ4v) is 4.08. The lowest BCUT2D eigenvalue weighted by atomic mass is 9.82. The van der Waals surface area contributed by atoms with Gasteiger partial charge in [0.05, 0.1) is 5.92 Å². The van der Waals surface area contributed by atoms with E-state index < -0.39 is 0 Å². The molecule has 2 saturated heterocycles. The summed E-state index contributed by atoms with van der Waals surface area (Å²) in [6, 6.07) is 0.564. The fraction of sp³-hybridized carbons (Fsp3) is 0.933. The fourth-order valence-electron chi connectivity index (χ4n) is 4.08. The number of nitrogens with zero attached hydrogens (tertiary/aromatic N) is 2. The van der Waals surface area contributed by atoms with Crippen LogP contribution in [0.2, 0.25) is 0 Å². The molecule has 2 atom stereocenters. The van der Waals surface area contributed by atoms with Gasteiger partial charge < -0.3 is 4.90 Å². The van der Waals surface area contributed by atoms with Gasteiger partial charge in [0.1, 0.15) is 0 Å². The van der Waals surface area contributed by atoms with E-state index in [2.05, 4.69) is 9.80 Å². The van der Waals surface area contributed by atoms with Crippen molar-refractivity contribution in [3.05, 3.63) is 0 Å². The maximum Gasteiger partial charge on any atom is 0.227 e. The lowest BCUT2D eigenvalue weighted by Gasteiger charge is -2.38. The van der Waals surface area contributed by atoms with Crippen molar-refractivity contribution in [1.82, 2.24) is 9.80 Å². The third-order valence-electron chi connectivity index (χ3n) is 5.07. The summed E-state index contributed by atoms with van der Waals surface area (Å²) in [7, 11) is 0. The van der Waals surface area contributed by atoms with E-state index >= 15 is 0 Å². The number of hydrogen-bond donors (Lipinski definition) is 0. The molecule has 0 aromatic carbocycles. The summed E-state index contributed by atoms with van der Waals surface area (Å²) in [5.41, 5.74) is 0. The molecule has 0 bridgehead atoms. The van der Waals surface area contributed by atoms with Gasteiger partial charge in [-0.3, -0.25) is 9.69 Å². The van der Waals surface area contributed by atoms with Gasteiger partial charge in [-0.1, -0.05) is 12.8 Å². The second kappa shape index (κ2) is 5.60. The van der Waals surface area contributed by atoms with Crippen LogP contribution in [0.5, 0.6) is 0 Å². The maximum atomic E-state index is 12.7. The number of likely N-dealkylation sites (tertiary alicyclic amines) is 2. The van der Waals surface area contributed by atoms with Gasteiger partial charge in [0.25, 0.3) is 0 Å². The molecule has 3 heteroatoms. The van der Waals surface area contributed by atoms with Gasteiger partial charge in [-0.05, 0) is 51.6 Å². The highest BCUT2D eigenvalue weighted by Gasteiger charge is 2.38. The first-order valence-electron chi connectivity index (χ1n) is 7.89. The highest BCUT2D eigenvalue weighted by molar-refractivity contribution is 5.80. The number of amides is 1. The first-order valence-corrected chi connectivity index (χ1v) is 7.89. The first-order chi connectivity index (χ1) is 8.86. The Morgan fingerprint density at radius 2 is 1.39 bits per heavy atom. The van der Waals surface area contributed by atoms with Crippen LogP contribution in [0.3, 0.4) is 0 Å². The van der Waals surface area contributed by atoms with Crippen LogP contribution in [0.1, 0.15) is 51.4 Å². The summed E-state index contributed by atoms with van der Waals surface area (Å²) in [6.45, 7) is 4.49. The zero-order valence-corrected chi connectivity index (χ0v) is 11.4. The Hall–Kier alpha value is -0.570. The lowest BCUT2D eigenvalue weighted by Crippen LogP contribution is -2.48. The number of rotatable bonds is 2. The van der Waals surface area contributed by atoms with Crippen LogP contribution >= 0.6 is 0 Å². The van der Waals surface area contributed by atoms with Gasteiger partial charge in [0, 0.05) is 19.1 Å². The number of carbonyl (C=O) groups excluding carboxylic acids is 1. The molecule has 0 unspecified atom stereocenters. The highest BCUT2D eigenvalue weighted by Crippen LogP contribution is 2.32. The topological polar surface area (TPSA) is 23.6 Å². The second-order valence-corrected chi connectivity index (χ2v) is 6.23. The molecule has 1 saturated carbocycles. The van der Waals surface area contributed by atoms with Crippen molar-refractivity contribution in [2.24, 2.45) is 5.92 Å². The van der Waals surface area contributed by atoms with Crippen LogP contribution in [0.25, 0.3) is 0 Å². The minimum atomic E-state index is 0.315. The average Bonchev–Trinajstić information content (AvgIpc) is 3.11. The standard InChI is InChI=1S/C15H26N2O/c18-15(17-11-5-6-12-17)13-7-1-2-8-14(13)16-9-3-4-10-16/h13-14H,1-12H2/t13-,14-/m1/s1. The van der Waals surface area contributed by atoms with Gasteiger partial charge in [-0.15, -0.1) is 0 Å². The number of hydrogen-bond acceptors (Lipinski definition) is 2. The predicted octanol–water partition coefficient (Wildman–Crippen LogP) is 2.26. The summed E-state index contributed by atoms with van der Waals surface area (Å²) < 4.78 is 0. The quantitative estimate of drug-likeness (QED) is 0.750. The van der Waals surface area contributed by atoms with E-state index in [0.29, 0.717) is 17.9 Å². The van der Waals surface area contributed by atoms with Crippen LogP contribution in [0.15, 0.2) is 0 Å². The van der Waals surface area contributed by atoms with Crippen molar-refractivity contribution in [2.75, 3.05) is 26.2 Å². The average molecular weight is 250 g/mol. The van der Waals surface area contributed by atoms with Crippen molar-refractivity contribution >= 4 is 5.91 Å². The van der Waals surface area contributed by atoms with Crippen molar-refractivity contribution in [3.8, 4) is 0 Å². The first kappa shape index (κ1) is 12.5. The normalized spacial score (nSPS) is 34.1. The predicted molar refractivity (Wildman–Crippen MR) is 72.4 cm³/mol. The molecular weight excluding hydrogens is 224 g/mol. The van der Waals surface area contributed by atoms with Gasteiger partial charge in [0.2, 0.25) is 5.91 Å².